The number of hydrogen-bond acceptors (Lipinski definition) is 4. The van der Waals surface area contributed by atoms with Gasteiger partial charge in [-0.25, -0.2) is 4.68 Å². The average molecular weight is 341 g/mol. The van der Waals surface area contributed by atoms with Gasteiger partial charge in [-0.1, -0.05) is 0 Å². The Hall–Kier alpha value is -0.880. The summed E-state index contributed by atoms with van der Waals surface area (Å²) in [5, 5.41) is 4.35. The van der Waals surface area contributed by atoms with Crippen molar-refractivity contribution >= 4 is 21.6 Å². The predicted octanol–water partition coefficient (Wildman–Crippen LogP) is 1.59. The SMILES string of the molecule is CC1CC(CN)CN1c1cnn(CC2CC2)c(=O)c1Br. The number of anilines is 1. The van der Waals surface area contributed by atoms with Crippen molar-refractivity contribution in [3.8, 4) is 0 Å². The van der Waals surface area contributed by atoms with Crippen LogP contribution in [0.15, 0.2) is 15.5 Å². The molecule has 1 aliphatic carbocycles. The largest absolute Gasteiger partial charge is 0.366 e. The summed E-state index contributed by atoms with van der Waals surface area (Å²) in [7, 11) is 0. The van der Waals surface area contributed by atoms with E-state index in [0.717, 1.165) is 25.2 Å². The lowest BCUT2D eigenvalue weighted by atomic mass is 10.1. The second kappa shape index (κ2) is 5.48. The van der Waals surface area contributed by atoms with Gasteiger partial charge in [-0.15, -0.1) is 0 Å². The summed E-state index contributed by atoms with van der Waals surface area (Å²) in [5.41, 5.74) is 6.66. The molecule has 20 heavy (non-hydrogen) atoms. The molecular weight excluding hydrogens is 320 g/mol. The van der Waals surface area contributed by atoms with Crippen LogP contribution in [0.25, 0.3) is 0 Å². The van der Waals surface area contributed by atoms with E-state index in [1.807, 2.05) is 6.20 Å². The molecular formula is C14H21BrN4O. The normalized spacial score (nSPS) is 26.2. The first-order chi connectivity index (χ1) is 9.60. The van der Waals surface area contributed by atoms with Gasteiger partial charge in [-0.2, -0.15) is 5.10 Å². The van der Waals surface area contributed by atoms with Crippen LogP contribution in [0.1, 0.15) is 26.2 Å². The molecule has 1 saturated carbocycles. The lowest BCUT2D eigenvalue weighted by molar-refractivity contribution is 0.530. The third kappa shape index (κ3) is 2.63. The summed E-state index contributed by atoms with van der Waals surface area (Å²) in [6.45, 7) is 4.53. The van der Waals surface area contributed by atoms with E-state index in [-0.39, 0.29) is 5.56 Å². The highest BCUT2D eigenvalue weighted by Gasteiger charge is 2.31. The van der Waals surface area contributed by atoms with Gasteiger partial charge in [0.15, 0.2) is 0 Å². The number of nitrogens with zero attached hydrogens (tertiary/aromatic N) is 3. The summed E-state index contributed by atoms with van der Waals surface area (Å²) < 4.78 is 2.23. The van der Waals surface area contributed by atoms with Gasteiger partial charge in [0.2, 0.25) is 0 Å². The average Bonchev–Trinajstić information content (AvgIpc) is 3.17. The molecule has 3 rings (SSSR count). The molecule has 0 spiro atoms. The van der Waals surface area contributed by atoms with E-state index in [9.17, 15) is 4.79 Å². The third-order valence-electron chi connectivity index (χ3n) is 4.40. The minimum atomic E-state index is -0.0159. The van der Waals surface area contributed by atoms with Gasteiger partial charge in [0.25, 0.3) is 5.56 Å². The van der Waals surface area contributed by atoms with E-state index in [0.29, 0.717) is 28.9 Å². The molecule has 2 atom stereocenters. The maximum absolute atomic E-state index is 12.4. The molecule has 0 bridgehead atoms. The number of hydrogen-bond donors (Lipinski definition) is 1. The van der Waals surface area contributed by atoms with Crippen molar-refractivity contribution in [2.75, 3.05) is 18.0 Å². The summed E-state index contributed by atoms with van der Waals surface area (Å²) in [6, 6.07) is 0.403. The number of halogens is 1. The van der Waals surface area contributed by atoms with Gasteiger partial charge in [-0.05, 0) is 60.5 Å². The Kier molecular flexibility index (Phi) is 3.86. The van der Waals surface area contributed by atoms with Crippen molar-refractivity contribution in [2.45, 2.75) is 38.8 Å². The van der Waals surface area contributed by atoms with Gasteiger partial charge < -0.3 is 10.6 Å². The Bertz CT molecular complexity index is 555. The van der Waals surface area contributed by atoms with Crippen molar-refractivity contribution in [3.63, 3.8) is 0 Å². The van der Waals surface area contributed by atoms with Crippen molar-refractivity contribution in [1.82, 2.24) is 9.78 Å². The maximum Gasteiger partial charge on any atom is 0.283 e. The molecule has 110 valence electrons. The van der Waals surface area contributed by atoms with E-state index in [2.05, 4.69) is 32.9 Å². The zero-order valence-corrected chi connectivity index (χ0v) is 13.3. The summed E-state index contributed by atoms with van der Waals surface area (Å²) in [6.07, 6.45) is 5.33. The minimum Gasteiger partial charge on any atom is -0.366 e. The molecule has 2 aliphatic rings. The van der Waals surface area contributed by atoms with Gasteiger partial charge in [0.1, 0.15) is 4.47 Å². The van der Waals surface area contributed by atoms with Crippen LogP contribution in [0.4, 0.5) is 5.69 Å². The Morgan fingerprint density at radius 2 is 2.20 bits per heavy atom. The Morgan fingerprint density at radius 3 is 2.80 bits per heavy atom. The van der Waals surface area contributed by atoms with Gasteiger partial charge >= 0.3 is 0 Å². The topological polar surface area (TPSA) is 64.2 Å². The third-order valence-corrected chi connectivity index (χ3v) is 5.14. The zero-order valence-electron chi connectivity index (χ0n) is 11.8. The van der Waals surface area contributed by atoms with Crippen LogP contribution >= 0.6 is 15.9 Å². The van der Waals surface area contributed by atoms with E-state index in [1.54, 1.807) is 4.68 Å². The van der Waals surface area contributed by atoms with Crippen LogP contribution in [0.3, 0.4) is 0 Å². The molecule has 1 saturated heterocycles. The molecule has 0 radical (unpaired) electrons. The predicted molar refractivity (Wildman–Crippen MR) is 82.9 cm³/mol. The fourth-order valence-electron chi connectivity index (χ4n) is 2.98. The zero-order chi connectivity index (χ0) is 14.3. The number of rotatable bonds is 4. The van der Waals surface area contributed by atoms with Crippen molar-refractivity contribution in [3.05, 3.63) is 21.0 Å². The molecule has 6 heteroatoms. The number of aromatic nitrogens is 2. The van der Waals surface area contributed by atoms with Crippen molar-refractivity contribution < 1.29 is 0 Å². The summed E-state index contributed by atoms with van der Waals surface area (Å²) in [4.78, 5) is 14.6. The molecule has 2 fully saturated rings. The highest BCUT2D eigenvalue weighted by atomic mass is 79.9. The molecule has 1 aliphatic heterocycles. The second-order valence-electron chi connectivity index (χ2n) is 6.11. The lowest BCUT2D eigenvalue weighted by Crippen LogP contribution is -2.32. The Morgan fingerprint density at radius 1 is 1.45 bits per heavy atom. The monoisotopic (exact) mass is 340 g/mol. The molecule has 5 nitrogen and oxygen atoms in total. The van der Waals surface area contributed by atoms with Gasteiger partial charge in [0, 0.05) is 19.1 Å². The molecule has 1 aromatic rings. The molecule has 0 amide bonds. The number of nitrogens with two attached hydrogens (primary N) is 1. The first-order valence-corrected chi connectivity index (χ1v) is 8.11. The molecule has 0 aromatic carbocycles. The molecule has 2 unspecified atom stereocenters. The maximum atomic E-state index is 12.4. The second-order valence-corrected chi connectivity index (χ2v) is 6.91. The van der Waals surface area contributed by atoms with E-state index < -0.39 is 0 Å². The summed E-state index contributed by atoms with van der Waals surface area (Å²) in [5.74, 6) is 1.15. The minimum absolute atomic E-state index is 0.0159. The van der Waals surface area contributed by atoms with Gasteiger partial charge in [0.05, 0.1) is 11.9 Å². The van der Waals surface area contributed by atoms with Crippen LogP contribution < -0.4 is 16.2 Å². The smallest absolute Gasteiger partial charge is 0.283 e. The fraction of sp³-hybridized carbons (Fsp3) is 0.714. The molecule has 2 N–H and O–H groups in total. The Labute approximate surface area is 127 Å². The van der Waals surface area contributed by atoms with E-state index in [4.69, 9.17) is 5.73 Å². The van der Waals surface area contributed by atoms with Crippen molar-refractivity contribution in [1.29, 1.82) is 0 Å². The standard InChI is InChI=1S/C14H21BrN4O/c1-9-4-11(5-16)7-18(9)12-6-17-19(8-10-2-3-10)14(20)13(12)15/h6,9-11H,2-5,7-8,16H2,1H3. The van der Waals surface area contributed by atoms with E-state index >= 15 is 0 Å². The molecule has 2 heterocycles. The molecule has 1 aromatic heterocycles. The quantitative estimate of drug-likeness (QED) is 0.903. The van der Waals surface area contributed by atoms with Crippen LogP contribution in [0.2, 0.25) is 0 Å². The van der Waals surface area contributed by atoms with Crippen LogP contribution in [0, 0.1) is 11.8 Å². The summed E-state index contributed by atoms with van der Waals surface area (Å²) >= 11 is 3.47. The first kappa shape index (κ1) is 14.1. The highest BCUT2D eigenvalue weighted by Crippen LogP contribution is 2.33. The fourth-order valence-corrected chi connectivity index (χ4v) is 3.52. The Balaban J connectivity index is 1.86. The van der Waals surface area contributed by atoms with Crippen molar-refractivity contribution in [2.24, 2.45) is 17.6 Å². The van der Waals surface area contributed by atoms with Gasteiger partial charge in [-0.3, -0.25) is 4.79 Å². The van der Waals surface area contributed by atoms with Crippen LogP contribution in [-0.2, 0) is 6.54 Å². The first-order valence-electron chi connectivity index (χ1n) is 7.32. The van der Waals surface area contributed by atoms with E-state index in [1.165, 1.54) is 12.8 Å². The van der Waals surface area contributed by atoms with Crippen LogP contribution in [-0.4, -0.2) is 28.9 Å². The lowest BCUT2D eigenvalue weighted by Gasteiger charge is -2.24. The van der Waals surface area contributed by atoms with Crippen LogP contribution in [0.5, 0.6) is 0 Å². The highest BCUT2D eigenvalue weighted by molar-refractivity contribution is 9.10.